The summed E-state index contributed by atoms with van der Waals surface area (Å²) < 4.78 is 1.82. The lowest BCUT2D eigenvalue weighted by molar-refractivity contribution is 0.0790. The second-order valence-corrected chi connectivity index (χ2v) is 6.47. The predicted octanol–water partition coefficient (Wildman–Crippen LogP) is 3.21. The van der Waals surface area contributed by atoms with Crippen molar-refractivity contribution in [3.63, 3.8) is 0 Å². The highest BCUT2D eigenvalue weighted by atomic mass is 16.2. The van der Waals surface area contributed by atoms with E-state index in [9.17, 15) is 4.79 Å². The summed E-state index contributed by atoms with van der Waals surface area (Å²) in [6, 6.07) is 12.1. The Bertz CT molecular complexity index is 871. The number of rotatable bonds is 3. The quantitative estimate of drug-likeness (QED) is 0.740. The number of carbonyl (C=O) groups is 1. The summed E-state index contributed by atoms with van der Waals surface area (Å²) in [4.78, 5) is 23.1. The van der Waals surface area contributed by atoms with Crippen molar-refractivity contribution >= 4 is 5.91 Å². The Morgan fingerprint density at radius 3 is 2.80 bits per heavy atom. The van der Waals surface area contributed by atoms with Crippen LogP contribution in [0.1, 0.15) is 33.8 Å². The van der Waals surface area contributed by atoms with E-state index in [-0.39, 0.29) is 5.91 Å². The number of nitrogens with zero attached hydrogens (tertiary/aromatic N) is 4. The number of hydrogen-bond donors (Lipinski definition) is 0. The molecule has 1 aliphatic heterocycles. The highest BCUT2D eigenvalue weighted by molar-refractivity contribution is 5.94. The minimum Gasteiger partial charge on any atom is -0.338 e. The van der Waals surface area contributed by atoms with Gasteiger partial charge in [-0.3, -0.25) is 9.36 Å². The van der Waals surface area contributed by atoms with Crippen molar-refractivity contribution < 1.29 is 4.79 Å². The van der Waals surface area contributed by atoms with E-state index in [0.29, 0.717) is 11.5 Å². The lowest BCUT2D eigenvalue weighted by Crippen LogP contribution is -2.28. The zero-order chi connectivity index (χ0) is 17.2. The van der Waals surface area contributed by atoms with Gasteiger partial charge >= 0.3 is 0 Å². The van der Waals surface area contributed by atoms with E-state index in [1.807, 2.05) is 27.8 Å². The Balaban J connectivity index is 1.48. The Kier molecular flexibility index (Phi) is 4.06. The normalized spacial score (nSPS) is 17.0. The molecular formula is C20H20N4O. The third kappa shape index (κ3) is 3.05. The first kappa shape index (κ1) is 15.6. The van der Waals surface area contributed by atoms with Crippen molar-refractivity contribution in [2.75, 3.05) is 13.1 Å². The lowest BCUT2D eigenvalue weighted by atomic mass is 9.94. The Morgan fingerprint density at radius 1 is 1.20 bits per heavy atom. The molecule has 0 radical (unpaired) electrons. The molecule has 0 bridgehead atoms. The van der Waals surface area contributed by atoms with Gasteiger partial charge in [0.05, 0.1) is 5.56 Å². The molecule has 1 aromatic carbocycles. The summed E-state index contributed by atoms with van der Waals surface area (Å²) in [6.07, 6.45) is 7.89. The molecule has 1 amide bonds. The van der Waals surface area contributed by atoms with E-state index in [4.69, 9.17) is 0 Å². The van der Waals surface area contributed by atoms with Crippen molar-refractivity contribution in [2.24, 2.45) is 0 Å². The highest BCUT2D eigenvalue weighted by Gasteiger charge is 2.28. The molecule has 5 heteroatoms. The molecular weight excluding hydrogens is 312 g/mol. The summed E-state index contributed by atoms with van der Waals surface area (Å²) in [5.41, 5.74) is 3.29. The maximum absolute atomic E-state index is 12.8. The standard InChI is InChI=1S/C20H20N4O/c1-15-4-2-3-5-18(15)17-8-10-23(13-17)20(25)16-6-7-19(22-12-16)24-11-9-21-14-24/h2-7,9,11-12,14,17H,8,10,13H2,1H3/t17-/m0/s1. The number of aromatic nitrogens is 3. The minimum absolute atomic E-state index is 0.0563. The van der Waals surface area contributed by atoms with Crippen LogP contribution in [0.2, 0.25) is 0 Å². The number of carbonyl (C=O) groups excluding carboxylic acids is 1. The summed E-state index contributed by atoms with van der Waals surface area (Å²) in [7, 11) is 0. The average Bonchev–Trinajstić information content (AvgIpc) is 3.34. The van der Waals surface area contributed by atoms with Crippen LogP contribution < -0.4 is 0 Å². The zero-order valence-corrected chi connectivity index (χ0v) is 14.2. The van der Waals surface area contributed by atoms with Crippen LogP contribution in [0.4, 0.5) is 0 Å². The molecule has 3 aromatic rings. The van der Waals surface area contributed by atoms with Crippen molar-refractivity contribution in [1.29, 1.82) is 0 Å². The molecule has 126 valence electrons. The van der Waals surface area contributed by atoms with Crippen molar-refractivity contribution in [3.05, 3.63) is 78.0 Å². The van der Waals surface area contributed by atoms with Gasteiger partial charge in [-0.2, -0.15) is 0 Å². The SMILES string of the molecule is Cc1ccccc1[C@H]1CCN(C(=O)c2ccc(-n3ccnc3)nc2)C1. The fourth-order valence-electron chi connectivity index (χ4n) is 3.49. The molecule has 2 aromatic heterocycles. The van der Waals surface area contributed by atoms with Crippen LogP contribution in [0.3, 0.4) is 0 Å². The van der Waals surface area contributed by atoms with Crippen molar-refractivity contribution in [2.45, 2.75) is 19.3 Å². The van der Waals surface area contributed by atoms with Crippen molar-refractivity contribution in [1.82, 2.24) is 19.4 Å². The van der Waals surface area contributed by atoms with E-state index in [0.717, 1.165) is 25.3 Å². The van der Waals surface area contributed by atoms with E-state index in [1.165, 1.54) is 11.1 Å². The van der Waals surface area contributed by atoms with Gasteiger partial charge in [-0.05, 0) is 36.6 Å². The van der Waals surface area contributed by atoms with Gasteiger partial charge in [0, 0.05) is 37.6 Å². The van der Waals surface area contributed by atoms with Crippen molar-refractivity contribution in [3.8, 4) is 5.82 Å². The number of amides is 1. The number of likely N-dealkylation sites (tertiary alicyclic amines) is 1. The van der Waals surface area contributed by atoms with Crippen LogP contribution in [0.15, 0.2) is 61.3 Å². The first-order valence-corrected chi connectivity index (χ1v) is 8.51. The Hall–Kier alpha value is -2.95. The minimum atomic E-state index is 0.0563. The summed E-state index contributed by atoms with van der Waals surface area (Å²) in [6.45, 7) is 3.70. The molecule has 0 saturated carbocycles. The smallest absolute Gasteiger partial charge is 0.255 e. The van der Waals surface area contributed by atoms with E-state index < -0.39 is 0 Å². The van der Waals surface area contributed by atoms with Crippen LogP contribution in [0.5, 0.6) is 0 Å². The van der Waals surface area contributed by atoms with Crippen LogP contribution in [-0.4, -0.2) is 38.4 Å². The molecule has 1 saturated heterocycles. The molecule has 25 heavy (non-hydrogen) atoms. The lowest BCUT2D eigenvalue weighted by Gasteiger charge is -2.17. The maximum Gasteiger partial charge on any atom is 0.255 e. The van der Waals surface area contributed by atoms with E-state index >= 15 is 0 Å². The third-order valence-electron chi connectivity index (χ3n) is 4.87. The molecule has 3 heterocycles. The first-order valence-electron chi connectivity index (χ1n) is 8.51. The molecule has 5 nitrogen and oxygen atoms in total. The van der Waals surface area contributed by atoms with Gasteiger partial charge in [0.1, 0.15) is 12.1 Å². The fraction of sp³-hybridized carbons (Fsp3) is 0.250. The van der Waals surface area contributed by atoms with Crippen LogP contribution >= 0.6 is 0 Å². The van der Waals surface area contributed by atoms with Gasteiger partial charge in [0.25, 0.3) is 5.91 Å². The summed E-state index contributed by atoms with van der Waals surface area (Å²) >= 11 is 0. The molecule has 1 aliphatic rings. The number of imidazole rings is 1. The number of pyridine rings is 1. The van der Waals surface area contributed by atoms with Gasteiger partial charge in [-0.15, -0.1) is 0 Å². The molecule has 4 rings (SSSR count). The third-order valence-corrected chi connectivity index (χ3v) is 4.87. The van der Waals surface area contributed by atoms with E-state index in [1.54, 1.807) is 18.7 Å². The van der Waals surface area contributed by atoms with Crippen LogP contribution in [-0.2, 0) is 0 Å². The fourth-order valence-corrected chi connectivity index (χ4v) is 3.49. The second kappa shape index (κ2) is 6.51. The summed E-state index contributed by atoms with van der Waals surface area (Å²) in [5, 5.41) is 0. The average molecular weight is 332 g/mol. The Labute approximate surface area is 147 Å². The van der Waals surface area contributed by atoms with Crippen LogP contribution in [0.25, 0.3) is 5.82 Å². The van der Waals surface area contributed by atoms with Gasteiger partial charge in [-0.1, -0.05) is 24.3 Å². The molecule has 1 atom stereocenters. The molecule has 0 N–H and O–H groups in total. The van der Waals surface area contributed by atoms with Gasteiger partial charge in [0.2, 0.25) is 0 Å². The first-order chi connectivity index (χ1) is 12.2. The number of benzene rings is 1. The highest BCUT2D eigenvalue weighted by Crippen LogP contribution is 2.30. The zero-order valence-electron chi connectivity index (χ0n) is 14.2. The Morgan fingerprint density at radius 2 is 2.08 bits per heavy atom. The van der Waals surface area contributed by atoms with Crippen LogP contribution in [0, 0.1) is 6.92 Å². The van der Waals surface area contributed by atoms with E-state index in [2.05, 4.69) is 41.2 Å². The molecule has 0 aliphatic carbocycles. The number of aryl methyl sites for hydroxylation is 1. The number of hydrogen-bond acceptors (Lipinski definition) is 3. The second-order valence-electron chi connectivity index (χ2n) is 6.47. The van der Waals surface area contributed by atoms with Gasteiger partial charge < -0.3 is 4.90 Å². The molecule has 0 unspecified atom stereocenters. The maximum atomic E-state index is 12.8. The topological polar surface area (TPSA) is 51.0 Å². The molecule has 0 spiro atoms. The summed E-state index contributed by atoms with van der Waals surface area (Å²) in [5.74, 6) is 1.23. The monoisotopic (exact) mass is 332 g/mol. The van der Waals surface area contributed by atoms with Gasteiger partial charge in [0.15, 0.2) is 0 Å². The predicted molar refractivity (Wildman–Crippen MR) is 95.8 cm³/mol. The largest absolute Gasteiger partial charge is 0.338 e. The molecule has 1 fully saturated rings. The van der Waals surface area contributed by atoms with Gasteiger partial charge in [-0.25, -0.2) is 9.97 Å².